The first-order valence-corrected chi connectivity index (χ1v) is 7.01. The molecular formula is C15H14F3N3O3. The number of amides is 1. The van der Waals surface area contributed by atoms with Gasteiger partial charge >= 0.3 is 11.6 Å². The van der Waals surface area contributed by atoms with Crippen LogP contribution in [0.4, 0.5) is 13.2 Å². The van der Waals surface area contributed by atoms with Crippen molar-refractivity contribution in [2.24, 2.45) is 0 Å². The molecule has 3 N–H and O–H groups in total. The predicted molar refractivity (Wildman–Crippen MR) is 79.2 cm³/mol. The number of alkyl halides is 2. The Kier molecular flexibility index (Phi) is 4.91. The highest BCUT2D eigenvalue weighted by atomic mass is 19.3. The number of rotatable bonds is 5. The number of H-pyrrole nitrogens is 2. The van der Waals surface area contributed by atoms with Crippen LogP contribution in [-0.2, 0) is 23.7 Å². The molecule has 0 radical (unpaired) electrons. The number of benzene rings is 1. The molecule has 0 aliphatic carbocycles. The number of carbonyl (C=O) groups is 1. The second-order valence-corrected chi connectivity index (χ2v) is 5.02. The minimum atomic E-state index is -4.18. The van der Waals surface area contributed by atoms with Gasteiger partial charge in [-0.1, -0.05) is 19.1 Å². The third kappa shape index (κ3) is 3.55. The van der Waals surface area contributed by atoms with Crippen LogP contribution in [-0.4, -0.2) is 15.9 Å². The van der Waals surface area contributed by atoms with Crippen LogP contribution in [0.2, 0.25) is 0 Å². The van der Waals surface area contributed by atoms with E-state index < -0.39 is 41.0 Å². The highest BCUT2D eigenvalue weighted by Crippen LogP contribution is 2.24. The average molecular weight is 341 g/mol. The molecule has 1 heterocycles. The van der Waals surface area contributed by atoms with Crippen LogP contribution in [0.1, 0.15) is 23.6 Å². The van der Waals surface area contributed by atoms with Crippen LogP contribution in [0, 0.1) is 5.82 Å². The Hall–Kier alpha value is -2.84. The van der Waals surface area contributed by atoms with Gasteiger partial charge in [0.25, 0.3) is 11.5 Å². The van der Waals surface area contributed by atoms with E-state index in [-0.39, 0.29) is 5.56 Å². The number of halogens is 3. The van der Waals surface area contributed by atoms with Gasteiger partial charge in [0.2, 0.25) is 0 Å². The van der Waals surface area contributed by atoms with Gasteiger partial charge < -0.3 is 10.3 Å². The molecule has 6 nitrogen and oxygen atoms in total. The lowest BCUT2D eigenvalue weighted by molar-refractivity contribution is -0.147. The zero-order valence-electron chi connectivity index (χ0n) is 12.6. The topological polar surface area (TPSA) is 94.8 Å². The van der Waals surface area contributed by atoms with E-state index in [0.29, 0.717) is 12.6 Å². The van der Waals surface area contributed by atoms with Crippen molar-refractivity contribution in [3.05, 3.63) is 67.7 Å². The van der Waals surface area contributed by atoms with Crippen molar-refractivity contribution < 1.29 is 18.0 Å². The molecular weight excluding hydrogens is 327 g/mol. The summed E-state index contributed by atoms with van der Waals surface area (Å²) in [6.45, 7) is 1.37. The Morgan fingerprint density at radius 1 is 1.29 bits per heavy atom. The van der Waals surface area contributed by atoms with Crippen LogP contribution in [0.15, 0.2) is 34.0 Å². The normalized spacial score (nSPS) is 11.3. The molecule has 1 amide bonds. The fourth-order valence-electron chi connectivity index (χ4n) is 2.01. The molecule has 0 aliphatic rings. The zero-order valence-corrected chi connectivity index (χ0v) is 12.6. The summed E-state index contributed by atoms with van der Waals surface area (Å²) < 4.78 is 41.8. The first-order valence-electron chi connectivity index (χ1n) is 7.01. The maximum absolute atomic E-state index is 14.0. The summed E-state index contributed by atoms with van der Waals surface area (Å²) in [6.07, 6.45) is 1.08. The first kappa shape index (κ1) is 17.5. The molecule has 0 saturated carbocycles. The summed E-state index contributed by atoms with van der Waals surface area (Å²) in [4.78, 5) is 37.4. The van der Waals surface area contributed by atoms with Crippen LogP contribution >= 0.6 is 0 Å². The van der Waals surface area contributed by atoms with Gasteiger partial charge in [-0.25, -0.2) is 9.18 Å². The molecule has 0 bridgehead atoms. The quantitative estimate of drug-likeness (QED) is 0.762. The first-order chi connectivity index (χ1) is 11.3. The lowest BCUT2D eigenvalue weighted by atomic mass is 10.1. The van der Waals surface area contributed by atoms with Crippen molar-refractivity contribution in [2.45, 2.75) is 25.8 Å². The standard InChI is InChI=1S/C15H14F3N3O3/c1-2-8-3-4-9(11(16)5-8)6-19-13(23)15(17,18)10-7-20-14(24)21-12(10)22/h3-5,7H,2,6H2,1H3,(H,19,23)(H2,20,21,22,24). The van der Waals surface area contributed by atoms with Crippen LogP contribution in [0.3, 0.4) is 0 Å². The van der Waals surface area contributed by atoms with Crippen molar-refractivity contribution in [3.8, 4) is 0 Å². The highest BCUT2D eigenvalue weighted by Gasteiger charge is 2.43. The molecule has 1 aromatic heterocycles. The maximum atomic E-state index is 14.0. The molecule has 9 heteroatoms. The highest BCUT2D eigenvalue weighted by molar-refractivity contribution is 5.84. The largest absolute Gasteiger partial charge is 0.356 e. The molecule has 0 aliphatic heterocycles. The van der Waals surface area contributed by atoms with Crippen molar-refractivity contribution in [3.63, 3.8) is 0 Å². The van der Waals surface area contributed by atoms with Gasteiger partial charge in [0.1, 0.15) is 11.4 Å². The van der Waals surface area contributed by atoms with Gasteiger partial charge in [-0.15, -0.1) is 0 Å². The summed E-state index contributed by atoms with van der Waals surface area (Å²) in [5.74, 6) is -6.59. The summed E-state index contributed by atoms with van der Waals surface area (Å²) in [7, 11) is 0. The summed E-state index contributed by atoms with van der Waals surface area (Å²) in [6, 6.07) is 4.26. The number of aromatic amines is 2. The Morgan fingerprint density at radius 2 is 2.00 bits per heavy atom. The van der Waals surface area contributed by atoms with Gasteiger partial charge in [0.05, 0.1) is 0 Å². The molecule has 1 aromatic carbocycles. The van der Waals surface area contributed by atoms with E-state index in [4.69, 9.17) is 0 Å². The van der Waals surface area contributed by atoms with Gasteiger partial charge in [-0.2, -0.15) is 8.78 Å². The Labute approximate surface area is 133 Å². The Balaban J connectivity index is 2.16. The van der Waals surface area contributed by atoms with Gasteiger partial charge in [0.15, 0.2) is 0 Å². The Bertz CT molecular complexity index is 874. The molecule has 128 valence electrons. The van der Waals surface area contributed by atoms with E-state index in [2.05, 4.69) is 0 Å². The third-order valence-electron chi connectivity index (χ3n) is 3.41. The smallest absolute Gasteiger partial charge is 0.346 e. The van der Waals surface area contributed by atoms with Gasteiger partial charge in [-0.3, -0.25) is 14.6 Å². The van der Waals surface area contributed by atoms with Crippen molar-refractivity contribution in [2.75, 3.05) is 0 Å². The van der Waals surface area contributed by atoms with Crippen molar-refractivity contribution in [1.82, 2.24) is 15.3 Å². The number of aryl methyl sites for hydroxylation is 1. The fourth-order valence-corrected chi connectivity index (χ4v) is 2.01. The lowest BCUT2D eigenvalue weighted by Crippen LogP contribution is -2.42. The van der Waals surface area contributed by atoms with Crippen molar-refractivity contribution >= 4 is 5.91 Å². The number of hydrogen-bond donors (Lipinski definition) is 3. The summed E-state index contributed by atoms with van der Waals surface area (Å²) in [5, 5.41) is 1.88. The predicted octanol–water partition coefficient (Wildman–Crippen LogP) is 1.17. The van der Waals surface area contributed by atoms with Crippen LogP contribution in [0.25, 0.3) is 0 Å². The van der Waals surface area contributed by atoms with E-state index in [1.165, 1.54) is 12.1 Å². The zero-order chi connectivity index (χ0) is 17.9. The molecule has 24 heavy (non-hydrogen) atoms. The minimum Gasteiger partial charge on any atom is -0.346 e. The number of carbonyl (C=O) groups excluding carboxylic acids is 1. The van der Waals surface area contributed by atoms with Gasteiger partial charge in [0, 0.05) is 18.3 Å². The SMILES string of the molecule is CCc1ccc(CNC(=O)C(F)(F)c2c[nH]c(=O)[nH]c2=O)c(F)c1. The number of hydrogen-bond acceptors (Lipinski definition) is 3. The van der Waals surface area contributed by atoms with E-state index in [0.717, 1.165) is 5.56 Å². The second-order valence-electron chi connectivity index (χ2n) is 5.02. The molecule has 0 fully saturated rings. The van der Waals surface area contributed by atoms with Crippen LogP contribution in [0.5, 0.6) is 0 Å². The average Bonchev–Trinajstić information content (AvgIpc) is 2.52. The molecule has 0 spiro atoms. The molecule has 0 unspecified atom stereocenters. The summed E-state index contributed by atoms with van der Waals surface area (Å²) in [5.41, 5.74) is -2.80. The third-order valence-corrected chi connectivity index (χ3v) is 3.41. The molecule has 0 saturated heterocycles. The number of aromatic nitrogens is 2. The van der Waals surface area contributed by atoms with Gasteiger partial charge in [-0.05, 0) is 18.1 Å². The van der Waals surface area contributed by atoms with E-state index in [1.54, 1.807) is 11.1 Å². The number of nitrogens with one attached hydrogen (secondary N) is 3. The fraction of sp³-hybridized carbons (Fsp3) is 0.267. The molecule has 0 atom stereocenters. The molecule has 2 rings (SSSR count). The maximum Gasteiger partial charge on any atom is 0.356 e. The van der Waals surface area contributed by atoms with Crippen molar-refractivity contribution in [1.29, 1.82) is 0 Å². The minimum absolute atomic E-state index is 0.0340. The monoisotopic (exact) mass is 341 g/mol. The lowest BCUT2D eigenvalue weighted by Gasteiger charge is -2.15. The van der Waals surface area contributed by atoms with E-state index in [1.807, 2.05) is 17.2 Å². The van der Waals surface area contributed by atoms with E-state index in [9.17, 15) is 27.6 Å². The second kappa shape index (κ2) is 6.73. The van der Waals surface area contributed by atoms with Crippen LogP contribution < -0.4 is 16.6 Å². The molecule has 2 aromatic rings. The Morgan fingerprint density at radius 3 is 2.58 bits per heavy atom. The summed E-state index contributed by atoms with van der Waals surface area (Å²) >= 11 is 0. The van der Waals surface area contributed by atoms with E-state index >= 15 is 0 Å².